The highest BCUT2D eigenvalue weighted by Gasteiger charge is 2.21. The van der Waals surface area contributed by atoms with E-state index in [2.05, 4.69) is 10.3 Å². The standard InChI is InChI=1S/C19H18N2O3S/c1-23-15-8-9-16-17(10-15)25-19(20-16)21-18(22)13-4-6-14(7-5-13)24-11-12-2-3-12/h4-10,12H,2-3,11H2,1H3,(H,20,21,22). The number of carbonyl (C=O) groups is 1. The van der Waals surface area contributed by atoms with Gasteiger partial charge < -0.3 is 9.47 Å². The number of hydrogen-bond acceptors (Lipinski definition) is 5. The van der Waals surface area contributed by atoms with Crippen LogP contribution in [0.25, 0.3) is 10.2 Å². The number of benzene rings is 2. The van der Waals surface area contributed by atoms with Crippen LogP contribution in [0, 0.1) is 5.92 Å². The molecule has 0 atom stereocenters. The molecule has 128 valence electrons. The van der Waals surface area contributed by atoms with Crippen molar-refractivity contribution in [2.24, 2.45) is 5.92 Å². The summed E-state index contributed by atoms with van der Waals surface area (Å²) in [4.78, 5) is 16.8. The Hall–Kier alpha value is -2.60. The van der Waals surface area contributed by atoms with E-state index in [1.165, 1.54) is 24.2 Å². The lowest BCUT2D eigenvalue weighted by molar-refractivity contribution is 0.102. The monoisotopic (exact) mass is 354 g/mol. The summed E-state index contributed by atoms with van der Waals surface area (Å²) in [5.41, 5.74) is 1.42. The zero-order valence-electron chi connectivity index (χ0n) is 13.8. The van der Waals surface area contributed by atoms with E-state index in [9.17, 15) is 4.79 Å². The van der Waals surface area contributed by atoms with E-state index in [0.717, 1.165) is 28.3 Å². The average molecular weight is 354 g/mol. The quantitative estimate of drug-likeness (QED) is 0.715. The number of fused-ring (bicyclic) bond motifs is 1. The van der Waals surface area contributed by atoms with Crippen LogP contribution in [-0.2, 0) is 0 Å². The fraction of sp³-hybridized carbons (Fsp3) is 0.263. The molecule has 0 spiro atoms. The number of nitrogens with zero attached hydrogens (tertiary/aromatic N) is 1. The summed E-state index contributed by atoms with van der Waals surface area (Å²) >= 11 is 1.42. The van der Waals surface area contributed by atoms with Crippen molar-refractivity contribution in [2.45, 2.75) is 12.8 Å². The molecule has 0 aliphatic heterocycles. The Labute approximate surface area is 149 Å². The summed E-state index contributed by atoms with van der Waals surface area (Å²) in [5, 5.41) is 3.42. The van der Waals surface area contributed by atoms with Crippen LogP contribution in [0.1, 0.15) is 23.2 Å². The first-order valence-electron chi connectivity index (χ1n) is 8.20. The summed E-state index contributed by atoms with van der Waals surface area (Å²) in [6.45, 7) is 0.765. The smallest absolute Gasteiger partial charge is 0.257 e. The molecule has 0 unspecified atom stereocenters. The van der Waals surface area contributed by atoms with Gasteiger partial charge in [0.05, 0.1) is 23.9 Å². The molecule has 1 aliphatic carbocycles. The fourth-order valence-corrected chi connectivity index (χ4v) is 3.35. The zero-order chi connectivity index (χ0) is 17.2. The maximum Gasteiger partial charge on any atom is 0.257 e. The molecule has 1 saturated carbocycles. The van der Waals surface area contributed by atoms with Gasteiger partial charge in [0, 0.05) is 5.56 Å². The van der Waals surface area contributed by atoms with Crippen molar-refractivity contribution < 1.29 is 14.3 Å². The van der Waals surface area contributed by atoms with E-state index in [1.807, 2.05) is 30.3 Å². The Morgan fingerprint density at radius 2 is 1.96 bits per heavy atom. The van der Waals surface area contributed by atoms with Gasteiger partial charge in [-0.25, -0.2) is 4.98 Å². The van der Waals surface area contributed by atoms with Crippen molar-refractivity contribution in [1.29, 1.82) is 0 Å². The number of nitrogens with one attached hydrogen (secondary N) is 1. The molecule has 0 radical (unpaired) electrons. The number of methoxy groups -OCH3 is 1. The number of ether oxygens (including phenoxy) is 2. The minimum absolute atomic E-state index is 0.181. The van der Waals surface area contributed by atoms with Gasteiger partial charge in [-0.15, -0.1) is 0 Å². The van der Waals surface area contributed by atoms with Crippen molar-refractivity contribution in [3.05, 3.63) is 48.0 Å². The van der Waals surface area contributed by atoms with Crippen LogP contribution in [-0.4, -0.2) is 24.6 Å². The van der Waals surface area contributed by atoms with Crippen LogP contribution in [0.15, 0.2) is 42.5 Å². The van der Waals surface area contributed by atoms with Gasteiger partial charge in [-0.1, -0.05) is 11.3 Å². The van der Waals surface area contributed by atoms with Crippen LogP contribution in [0.5, 0.6) is 11.5 Å². The van der Waals surface area contributed by atoms with E-state index in [0.29, 0.717) is 16.6 Å². The lowest BCUT2D eigenvalue weighted by Gasteiger charge is -2.06. The van der Waals surface area contributed by atoms with Gasteiger partial charge in [0.25, 0.3) is 5.91 Å². The normalized spacial score (nSPS) is 13.6. The Morgan fingerprint density at radius 1 is 1.20 bits per heavy atom. The van der Waals surface area contributed by atoms with Crippen molar-refractivity contribution in [2.75, 3.05) is 19.0 Å². The van der Waals surface area contributed by atoms with E-state index in [-0.39, 0.29) is 5.91 Å². The summed E-state index contributed by atoms with van der Waals surface area (Å²) in [7, 11) is 1.63. The van der Waals surface area contributed by atoms with Crippen molar-refractivity contribution in [3.8, 4) is 11.5 Å². The summed E-state index contributed by atoms with van der Waals surface area (Å²) in [6, 6.07) is 12.9. The summed E-state index contributed by atoms with van der Waals surface area (Å²) in [5.74, 6) is 2.10. The number of aromatic nitrogens is 1. The Morgan fingerprint density at radius 3 is 2.68 bits per heavy atom. The van der Waals surface area contributed by atoms with Crippen molar-refractivity contribution in [3.63, 3.8) is 0 Å². The number of thiazole rings is 1. The molecule has 5 nitrogen and oxygen atoms in total. The number of hydrogen-bond donors (Lipinski definition) is 1. The molecular formula is C19H18N2O3S. The van der Waals surface area contributed by atoms with Gasteiger partial charge in [-0.2, -0.15) is 0 Å². The topological polar surface area (TPSA) is 60.5 Å². The molecule has 1 heterocycles. The highest BCUT2D eigenvalue weighted by Crippen LogP contribution is 2.30. The number of carbonyl (C=O) groups excluding carboxylic acids is 1. The molecule has 3 aromatic rings. The van der Waals surface area contributed by atoms with Gasteiger partial charge in [0.1, 0.15) is 11.5 Å². The molecule has 1 fully saturated rings. The number of rotatable bonds is 6. The van der Waals surface area contributed by atoms with Crippen LogP contribution in [0.3, 0.4) is 0 Å². The van der Waals surface area contributed by atoms with E-state index >= 15 is 0 Å². The molecule has 1 aromatic heterocycles. The molecule has 1 amide bonds. The molecule has 0 bridgehead atoms. The maximum absolute atomic E-state index is 12.4. The van der Waals surface area contributed by atoms with Crippen LogP contribution in [0.2, 0.25) is 0 Å². The molecule has 1 aliphatic rings. The van der Waals surface area contributed by atoms with E-state index in [4.69, 9.17) is 9.47 Å². The third kappa shape index (κ3) is 3.74. The third-order valence-corrected chi connectivity index (χ3v) is 5.05. The van der Waals surface area contributed by atoms with Crippen LogP contribution in [0.4, 0.5) is 5.13 Å². The van der Waals surface area contributed by atoms with E-state index < -0.39 is 0 Å². The lowest BCUT2D eigenvalue weighted by atomic mass is 10.2. The highest BCUT2D eigenvalue weighted by molar-refractivity contribution is 7.22. The predicted molar refractivity (Wildman–Crippen MR) is 98.8 cm³/mol. The molecule has 6 heteroatoms. The molecule has 0 saturated heterocycles. The second-order valence-electron chi connectivity index (χ2n) is 6.09. The van der Waals surface area contributed by atoms with E-state index in [1.54, 1.807) is 19.2 Å². The predicted octanol–water partition coefficient (Wildman–Crippen LogP) is 4.35. The van der Waals surface area contributed by atoms with Gasteiger partial charge in [-0.3, -0.25) is 10.1 Å². The summed E-state index contributed by atoms with van der Waals surface area (Å²) < 4.78 is 11.9. The third-order valence-electron chi connectivity index (χ3n) is 4.12. The van der Waals surface area contributed by atoms with Gasteiger partial charge in [-0.05, 0) is 61.2 Å². The fourth-order valence-electron chi connectivity index (χ4n) is 2.46. The Bertz CT molecular complexity index is 901. The molecule has 4 rings (SSSR count). The number of anilines is 1. The number of amides is 1. The Balaban J connectivity index is 1.43. The largest absolute Gasteiger partial charge is 0.497 e. The van der Waals surface area contributed by atoms with Crippen LogP contribution < -0.4 is 14.8 Å². The first-order valence-corrected chi connectivity index (χ1v) is 9.02. The maximum atomic E-state index is 12.4. The Kier molecular flexibility index (Phi) is 4.28. The first kappa shape index (κ1) is 15.9. The molecular weight excluding hydrogens is 336 g/mol. The van der Waals surface area contributed by atoms with Crippen molar-refractivity contribution in [1.82, 2.24) is 4.98 Å². The lowest BCUT2D eigenvalue weighted by Crippen LogP contribution is -2.11. The van der Waals surface area contributed by atoms with Gasteiger partial charge in [0.15, 0.2) is 5.13 Å². The molecule has 2 aromatic carbocycles. The highest BCUT2D eigenvalue weighted by atomic mass is 32.1. The van der Waals surface area contributed by atoms with Crippen LogP contribution >= 0.6 is 11.3 Å². The second kappa shape index (κ2) is 6.72. The molecule has 1 N–H and O–H groups in total. The minimum atomic E-state index is -0.181. The minimum Gasteiger partial charge on any atom is -0.497 e. The molecule has 25 heavy (non-hydrogen) atoms. The van der Waals surface area contributed by atoms with Gasteiger partial charge in [0.2, 0.25) is 0 Å². The SMILES string of the molecule is COc1ccc2nc(NC(=O)c3ccc(OCC4CC4)cc3)sc2c1. The van der Waals surface area contributed by atoms with Crippen molar-refractivity contribution >= 4 is 32.6 Å². The summed E-state index contributed by atoms with van der Waals surface area (Å²) in [6.07, 6.45) is 2.52. The van der Waals surface area contributed by atoms with Gasteiger partial charge >= 0.3 is 0 Å². The first-order chi connectivity index (χ1) is 12.2. The average Bonchev–Trinajstić information content (AvgIpc) is 3.38. The zero-order valence-corrected chi connectivity index (χ0v) is 14.6. The second-order valence-corrected chi connectivity index (χ2v) is 7.12.